The molecule has 3 aromatic rings. The molecule has 6 heteroatoms. The molecule has 0 saturated carbocycles. The molecule has 0 spiro atoms. The summed E-state index contributed by atoms with van der Waals surface area (Å²) in [5, 5.41) is 0. The van der Waals surface area contributed by atoms with Crippen LogP contribution in [0, 0.1) is 18.6 Å². The smallest absolute Gasteiger partial charge is 0.229 e. The van der Waals surface area contributed by atoms with Crippen molar-refractivity contribution in [3.8, 4) is 17.2 Å². The van der Waals surface area contributed by atoms with Gasteiger partial charge in [-0.3, -0.25) is 4.90 Å². The van der Waals surface area contributed by atoms with Crippen LogP contribution in [-0.4, -0.2) is 24.0 Å². The van der Waals surface area contributed by atoms with E-state index < -0.39 is 11.6 Å². The Morgan fingerprint density at radius 2 is 1.88 bits per heavy atom. The van der Waals surface area contributed by atoms with Gasteiger partial charge in [-0.25, -0.2) is 13.8 Å². The van der Waals surface area contributed by atoms with Crippen LogP contribution in [0.1, 0.15) is 17.0 Å². The number of halogens is 2. The number of rotatable bonds is 6. The first-order chi connectivity index (χ1) is 12.5. The zero-order valence-corrected chi connectivity index (χ0v) is 14.9. The van der Waals surface area contributed by atoms with E-state index in [2.05, 4.69) is 9.88 Å². The molecule has 0 N–H and O–H groups in total. The molecule has 0 aliphatic carbocycles. The summed E-state index contributed by atoms with van der Waals surface area (Å²) in [6.07, 6.45) is 0. The monoisotopic (exact) mass is 358 g/mol. The van der Waals surface area contributed by atoms with Crippen molar-refractivity contribution in [2.75, 3.05) is 14.2 Å². The second kappa shape index (κ2) is 7.66. The fourth-order valence-electron chi connectivity index (χ4n) is 2.75. The zero-order chi connectivity index (χ0) is 18.7. The minimum absolute atomic E-state index is 0.0230. The molecule has 0 unspecified atom stereocenters. The number of hydrogen-bond donors (Lipinski definition) is 0. The fourth-order valence-corrected chi connectivity index (χ4v) is 2.75. The highest BCUT2D eigenvalue weighted by Gasteiger charge is 2.18. The van der Waals surface area contributed by atoms with Gasteiger partial charge in [0.1, 0.15) is 11.5 Å². The van der Waals surface area contributed by atoms with Gasteiger partial charge in [0.2, 0.25) is 5.89 Å². The lowest BCUT2D eigenvalue weighted by Crippen LogP contribution is -2.18. The maximum Gasteiger partial charge on any atom is 0.229 e. The van der Waals surface area contributed by atoms with Gasteiger partial charge in [0, 0.05) is 13.1 Å². The van der Waals surface area contributed by atoms with E-state index in [1.807, 2.05) is 31.3 Å². The Morgan fingerprint density at radius 1 is 1.12 bits per heavy atom. The lowest BCUT2D eigenvalue weighted by Gasteiger charge is -2.16. The number of benzene rings is 2. The average Bonchev–Trinajstić information content (AvgIpc) is 2.97. The molecule has 4 nitrogen and oxygen atoms in total. The molecule has 0 atom stereocenters. The predicted octanol–water partition coefficient (Wildman–Crippen LogP) is 4.57. The van der Waals surface area contributed by atoms with Crippen LogP contribution in [0.3, 0.4) is 0 Å². The first-order valence-electron chi connectivity index (χ1n) is 8.20. The van der Waals surface area contributed by atoms with E-state index in [1.165, 1.54) is 12.1 Å². The Bertz CT molecular complexity index is 909. The van der Waals surface area contributed by atoms with Crippen molar-refractivity contribution in [3.63, 3.8) is 0 Å². The summed E-state index contributed by atoms with van der Waals surface area (Å²) in [6, 6.07) is 11.8. The van der Waals surface area contributed by atoms with Crippen LogP contribution in [0.15, 0.2) is 46.9 Å². The van der Waals surface area contributed by atoms with Crippen molar-refractivity contribution < 1.29 is 17.9 Å². The number of aromatic nitrogens is 1. The highest BCUT2D eigenvalue weighted by atomic mass is 19.2. The molecule has 0 amide bonds. The van der Waals surface area contributed by atoms with Crippen molar-refractivity contribution in [2.24, 2.45) is 0 Å². The molecule has 0 fully saturated rings. The summed E-state index contributed by atoms with van der Waals surface area (Å²) < 4.78 is 38.2. The minimum Gasteiger partial charge on any atom is -0.497 e. The van der Waals surface area contributed by atoms with Gasteiger partial charge < -0.3 is 9.15 Å². The molecular formula is C20H20F2N2O2. The molecular weight excluding hydrogens is 338 g/mol. The highest BCUT2D eigenvalue weighted by Crippen LogP contribution is 2.26. The molecule has 0 bridgehead atoms. The van der Waals surface area contributed by atoms with E-state index in [-0.39, 0.29) is 11.5 Å². The van der Waals surface area contributed by atoms with E-state index in [4.69, 9.17) is 9.15 Å². The number of nitrogens with zero attached hydrogens (tertiary/aromatic N) is 2. The van der Waals surface area contributed by atoms with Crippen LogP contribution in [0.4, 0.5) is 8.78 Å². The number of oxazole rings is 1. The molecule has 2 aromatic carbocycles. The Kier molecular flexibility index (Phi) is 5.32. The number of methoxy groups -OCH3 is 1. The maximum atomic E-state index is 14.0. The third kappa shape index (κ3) is 3.91. The third-order valence-electron chi connectivity index (χ3n) is 4.08. The second-order valence-electron chi connectivity index (χ2n) is 6.15. The normalized spacial score (nSPS) is 11.2. The SMILES string of the molecule is COc1cccc(CN(C)Cc2nc(-c3cccc(F)c3F)oc2C)c1. The van der Waals surface area contributed by atoms with Crippen LogP contribution in [0.2, 0.25) is 0 Å². The van der Waals surface area contributed by atoms with Crippen molar-refractivity contribution in [1.82, 2.24) is 9.88 Å². The van der Waals surface area contributed by atoms with Gasteiger partial charge in [-0.15, -0.1) is 0 Å². The standard InChI is InChI=1S/C20H20F2N2O2/c1-13-18(12-24(2)11-14-6-4-7-15(10-14)25-3)23-20(26-13)16-8-5-9-17(21)19(16)22/h4-10H,11-12H2,1-3H3. The van der Waals surface area contributed by atoms with Gasteiger partial charge in [-0.2, -0.15) is 0 Å². The van der Waals surface area contributed by atoms with Crippen molar-refractivity contribution in [1.29, 1.82) is 0 Å². The summed E-state index contributed by atoms with van der Waals surface area (Å²) in [7, 11) is 3.59. The Hall–Kier alpha value is -2.73. The summed E-state index contributed by atoms with van der Waals surface area (Å²) in [5.41, 5.74) is 1.81. The summed E-state index contributed by atoms with van der Waals surface area (Å²) in [5.74, 6) is -0.400. The lowest BCUT2D eigenvalue weighted by molar-refractivity contribution is 0.312. The van der Waals surface area contributed by atoms with Gasteiger partial charge in [0.15, 0.2) is 11.6 Å². The molecule has 0 aliphatic heterocycles. The molecule has 3 rings (SSSR count). The molecule has 26 heavy (non-hydrogen) atoms. The summed E-state index contributed by atoms with van der Waals surface area (Å²) >= 11 is 0. The van der Waals surface area contributed by atoms with E-state index in [9.17, 15) is 8.78 Å². The Labute approximate surface area is 151 Å². The van der Waals surface area contributed by atoms with Gasteiger partial charge in [0.05, 0.1) is 18.4 Å². The van der Waals surface area contributed by atoms with E-state index in [1.54, 1.807) is 14.0 Å². The molecule has 1 aromatic heterocycles. The number of hydrogen-bond acceptors (Lipinski definition) is 4. The van der Waals surface area contributed by atoms with Crippen LogP contribution in [0.25, 0.3) is 11.5 Å². The second-order valence-corrected chi connectivity index (χ2v) is 6.15. The van der Waals surface area contributed by atoms with Crippen molar-refractivity contribution in [3.05, 3.63) is 71.1 Å². The van der Waals surface area contributed by atoms with Gasteiger partial charge in [0.25, 0.3) is 0 Å². The largest absolute Gasteiger partial charge is 0.497 e. The predicted molar refractivity (Wildman–Crippen MR) is 94.8 cm³/mol. The van der Waals surface area contributed by atoms with Crippen molar-refractivity contribution in [2.45, 2.75) is 20.0 Å². The molecule has 0 saturated heterocycles. The molecule has 1 heterocycles. The Balaban J connectivity index is 1.76. The first kappa shape index (κ1) is 18.1. The van der Waals surface area contributed by atoms with Crippen LogP contribution in [0.5, 0.6) is 5.75 Å². The van der Waals surface area contributed by atoms with Gasteiger partial charge in [-0.1, -0.05) is 18.2 Å². The maximum absolute atomic E-state index is 14.0. The van der Waals surface area contributed by atoms with Gasteiger partial charge >= 0.3 is 0 Å². The summed E-state index contributed by atoms with van der Waals surface area (Å²) in [4.78, 5) is 6.42. The Morgan fingerprint density at radius 3 is 2.65 bits per heavy atom. The van der Waals surface area contributed by atoms with Gasteiger partial charge in [-0.05, 0) is 43.8 Å². The first-order valence-corrected chi connectivity index (χ1v) is 8.20. The topological polar surface area (TPSA) is 38.5 Å². The average molecular weight is 358 g/mol. The minimum atomic E-state index is -0.954. The zero-order valence-electron chi connectivity index (χ0n) is 14.9. The number of ether oxygens (including phenoxy) is 1. The fraction of sp³-hybridized carbons (Fsp3) is 0.250. The molecule has 0 radical (unpaired) electrons. The van der Waals surface area contributed by atoms with Crippen molar-refractivity contribution >= 4 is 0 Å². The van der Waals surface area contributed by atoms with E-state index in [0.29, 0.717) is 24.5 Å². The highest BCUT2D eigenvalue weighted by molar-refractivity contribution is 5.54. The third-order valence-corrected chi connectivity index (χ3v) is 4.08. The molecule has 0 aliphatic rings. The summed E-state index contributed by atoms with van der Waals surface area (Å²) in [6.45, 7) is 2.97. The van der Waals surface area contributed by atoms with Crippen LogP contribution >= 0.6 is 0 Å². The lowest BCUT2D eigenvalue weighted by atomic mass is 10.2. The quantitative estimate of drug-likeness (QED) is 0.647. The van der Waals surface area contributed by atoms with Crippen LogP contribution < -0.4 is 4.74 Å². The van der Waals surface area contributed by atoms with E-state index >= 15 is 0 Å². The van der Waals surface area contributed by atoms with E-state index in [0.717, 1.165) is 17.4 Å². The van der Waals surface area contributed by atoms with Crippen LogP contribution in [-0.2, 0) is 13.1 Å². The number of aryl methyl sites for hydroxylation is 1. The molecule has 136 valence electrons.